The number of benzene rings is 1. The molecule has 0 bridgehead atoms. The molecular weight excluding hydrogens is 204 g/mol. The third kappa shape index (κ3) is 2.00. The molecule has 78 valence electrons. The van der Waals surface area contributed by atoms with E-state index in [1.165, 1.54) is 4.90 Å². The maximum absolute atomic E-state index is 11.6. The summed E-state index contributed by atoms with van der Waals surface area (Å²) in [6.07, 6.45) is 3.72. The monoisotopic (exact) mass is 218 g/mol. The van der Waals surface area contributed by atoms with Crippen molar-refractivity contribution in [2.24, 2.45) is 5.41 Å². The predicted octanol–water partition coefficient (Wildman–Crippen LogP) is 3.31. The van der Waals surface area contributed by atoms with Crippen molar-refractivity contribution in [1.82, 2.24) is 0 Å². The van der Waals surface area contributed by atoms with Gasteiger partial charge in [-0.1, -0.05) is 38.1 Å². The fourth-order valence-corrected chi connectivity index (χ4v) is 2.78. The molecule has 1 aliphatic carbocycles. The molecule has 0 aliphatic heterocycles. The second-order valence-corrected chi connectivity index (χ2v) is 5.51. The van der Waals surface area contributed by atoms with E-state index in [4.69, 9.17) is 0 Å². The van der Waals surface area contributed by atoms with Crippen LogP contribution in [0, 0.1) is 5.41 Å². The van der Waals surface area contributed by atoms with E-state index < -0.39 is 0 Å². The third-order valence-corrected chi connectivity index (χ3v) is 4.32. The number of rotatable bonds is 2. The highest BCUT2D eigenvalue weighted by molar-refractivity contribution is 8.00. The standard InChI is InChI=1S/C13H14OS/c1-13(2)11(14)8-9-12(13)15-10-6-4-3-5-7-10/h3-9,12H,1-2H3. The lowest BCUT2D eigenvalue weighted by Crippen LogP contribution is -2.27. The summed E-state index contributed by atoms with van der Waals surface area (Å²) in [5.41, 5.74) is -0.263. The van der Waals surface area contributed by atoms with Crippen LogP contribution in [0.4, 0.5) is 0 Å². The lowest BCUT2D eigenvalue weighted by molar-refractivity contribution is -0.120. The summed E-state index contributed by atoms with van der Waals surface area (Å²) in [4.78, 5) is 12.8. The molecule has 0 fully saturated rings. The largest absolute Gasteiger partial charge is 0.294 e. The fraction of sp³-hybridized carbons (Fsp3) is 0.308. The smallest absolute Gasteiger partial charge is 0.162 e. The molecule has 0 saturated heterocycles. The third-order valence-electron chi connectivity index (χ3n) is 2.77. The summed E-state index contributed by atoms with van der Waals surface area (Å²) < 4.78 is 0. The van der Waals surface area contributed by atoms with Gasteiger partial charge in [-0.15, -0.1) is 11.8 Å². The Labute approximate surface area is 94.6 Å². The summed E-state index contributed by atoms with van der Waals surface area (Å²) in [5.74, 6) is 0.232. The number of ketones is 1. The highest BCUT2D eigenvalue weighted by Gasteiger charge is 2.38. The molecule has 1 aliphatic rings. The second-order valence-electron chi connectivity index (χ2n) is 4.30. The number of allylic oxidation sites excluding steroid dienone is 1. The average molecular weight is 218 g/mol. The van der Waals surface area contributed by atoms with Crippen molar-refractivity contribution in [2.75, 3.05) is 0 Å². The van der Waals surface area contributed by atoms with Crippen LogP contribution >= 0.6 is 11.8 Å². The van der Waals surface area contributed by atoms with Crippen molar-refractivity contribution < 1.29 is 4.79 Å². The fourth-order valence-electron chi connectivity index (χ4n) is 1.60. The van der Waals surface area contributed by atoms with Gasteiger partial charge in [-0.25, -0.2) is 0 Å². The Balaban J connectivity index is 2.15. The Hall–Kier alpha value is -1.02. The van der Waals surface area contributed by atoms with Gasteiger partial charge in [0.2, 0.25) is 0 Å². The second kappa shape index (κ2) is 3.86. The Kier molecular flexibility index (Phi) is 2.70. The first-order chi connectivity index (χ1) is 7.10. The Morgan fingerprint density at radius 1 is 1.20 bits per heavy atom. The molecule has 2 heteroatoms. The molecule has 1 aromatic carbocycles. The minimum Gasteiger partial charge on any atom is -0.294 e. The molecule has 1 nitrogen and oxygen atoms in total. The Morgan fingerprint density at radius 2 is 1.87 bits per heavy atom. The maximum Gasteiger partial charge on any atom is 0.162 e. The van der Waals surface area contributed by atoms with Crippen LogP contribution in [0.25, 0.3) is 0 Å². The van der Waals surface area contributed by atoms with E-state index in [1.54, 1.807) is 17.8 Å². The van der Waals surface area contributed by atoms with Crippen LogP contribution in [0.5, 0.6) is 0 Å². The van der Waals surface area contributed by atoms with Crippen LogP contribution in [0.3, 0.4) is 0 Å². The number of carbonyl (C=O) groups excluding carboxylic acids is 1. The van der Waals surface area contributed by atoms with Crippen LogP contribution < -0.4 is 0 Å². The predicted molar refractivity (Wildman–Crippen MR) is 64.0 cm³/mol. The SMILES string of the molecule is CC1(C)C(=O)C=CC1Sc1ccccc1. The zero-order chi connectivity index (χ0) is 10.9. The number of carbonyl (C=O) groups is 1. The molecule has 0 aromatic heterocycles. The highest BCUT2D eigenvalue weighted by Crippen LogP contribution is 2.40. The van der Waals surface area contributed by atoms with Crippen LogP contribution in [0.1, 0.15) is 13.8 Å². The van der Waals surface area contributed by atoms with Crippen LogP contribution in [-0.4, -0.2) is 11.0 Å². The normalized spacial score (nSPS) is 23.3. The summed E-state index contributed by atoms with van der Waals surface area (Å²) in [5, 5.41) is 0.257. The van der Waals surface area contributed by atoms with Crippen LogP contribution in [-0.2, 0) is 4.79 Å². The molecule has 0 saturated carbocycles. The molecule has 0 amide bonds. The molecular formula is C13H14OS. The molecule has 1 unspecified atom stereocenters. The highest BCUT2D eigenvalue weighted by atomic mass is 32.2. The molecule has 1 aromatic rings. The van der Waals surface area contributed by atoms with Gasteiger partial charge < -0.3 is 0 Å². The van der Waals surface area contributed by atoms with Gasteiger partial charge in [-0.3, -0.25) is 4.79 Å². The Morgan fingerprint density at radius 3 is 2.40 bits per heavy atom. The lowest BCUT2D eigenvalue weighted by Gasteiger charge is -2.24. The first-order valence-corrected chi connectivity index (χ1v) is 5.93. The van der Waals surface area contributed by atoms with Gasteiger partial charge in [-0.05, 0) is 18.2 Å². The summed E-state index contributed by atoms with van der Waals surface area (Å²) >= 11 is 1.75. The summed E-state index contributed by atoms with van der Waals surface area (Å²) in [6, 6.07) is 10.2. The number of hydrogen-bond donors (Lipinski definition) is 0. The van der Waals surface area contributed by atoms with Gasteiger partial charge in [-0.2, -0.15) is 0 Å². The summed E-state index contributed by atoms with van der Waals surface area (Å²) in [7, 11) is 0. The van der Waals surface area contributed by atoms with E-state index in [1.807, 2.05) is 38.1 Å². The van der Waals surface area contributed by atoms with Gasteiger partial charge in [0.05, 0.1) is 0 Å². The molecule has 1 atom stereocenters. The molecule has 2 rings (SSSR count). The van der Waals surface area contributed by atoms with Crippen LogP contribution in [0.15, 0.2) is 47.4 Å². The van der Waals surface area contributed by atoms with Gasteiger partial charge in [0.25, 0.3) is 0 Å². The lowest BCUT2D eigenvalue weighted by atomic mass is 9.89. The minimum atomic E-state index is -0.263. The summed E-state index contributed by atoms with van der Waals surface area (Å²) in [6.45, 7) is 4.02. The van der Waals surface area contributed by atoms with Gasteiger partial charge >= 0.3 is 0 Å². The zero-order valence-electron chi connectivity index (χ0n) is 8.94. The van der Waals surface area contributed by atoms with Crippen LogP contribution in [0.2, 0.25) is 0 Å². The molecule has 15 heavy (non-hydrogen) atoms. The van der Waals surface area contributed by atoms with E-state index in [9.17, 15) is 4.79 Å². The van der Waals surface area contributed by atoms with Crippen molar-refractivity contribution in [3.05, 3.63) is 42.5 Å². The Bertz CT molecular complexity index is 392. The molecule has 0 radical (unpaired) electrons. The van der Waals surface area contributed by atoms with E-state index in [2.05, 4.69) is 12.1 Å². The molecule has 0 spiro atoms. The number of hydrogen-bond acceptors (Lipinski definition) is 2. The van der Waals surface area contributed by atoms with Gasteiger partial charge in [0.15, 0.2) is 5.78 Å². The molecule has 0 N–H and O–H groups in total. The van der Waals surface area contributed by atoms with Crippen molar-refractivity contribution in [3.8, 4) is 0 Å². The van der Waals surface area contributed by atoms with Gasteiger partial charge in [0.1, 0.15) is 0 Å². The topological polar surface area (TPSA) is 17.1 Å². The maximum atomic E-state index is 11.6. The minimum absolute atomic E-state index is 0.232. The van der Waals surface area contributed by atoms with E-state index in [-0.39, 0.29) is 16.4 Å². The van der Waals surface area contributed by atoms with E-state index >= 15 is 0 Å². The van der Waals surface area contributed by atoms with Crippen molar-refractivity contribution >= 4 is 17.5 Å². The number of thioether (sulfide) groups is 1. The van der Waals surface area contributed by atoms with Crippen molar-refractivity contribution in [3.63, 3.8) is 0 Å². The van der Waals surface area contributed by atoms with Gasteiger partial charge in [0, 0.05) is 15.6 Å². The van der Waals surface area contributed by atoms with E-state index in [0.29, 0.717) is 0 Å². The molecule has 0 heterocycles. The van der Waals surface area contributed by atoms with Crippen molar-refractivity contribution in [2.45, 2.75) is 24.0 Å². The van der Waals surface area contributed by atoms with Crippen molar-refractivity contribution in [1.29, 1.82) is 0 Å². The average Bonchev–Trinajstić information content (AvgIpc) is 2.47. The first kappa shape index (κ1) is 10.5. The zero-order valence-corrected chi connectivity index (χ0v) is 9.75. The first-order valence-electron chi connectivity index (χ1n) is 5.05. The quantitative estimate of drug-likeness (QED) is 0.757. The van der Waals surface area contributed by atoms with E-state index in [0.717, 1.165) is 0 Å².